The van der Waals surface area contributed by atoms with Gasteiger partial charge >= 0.3 is 0 Å². The van der Waals surface area contributed by atoms with Crippen LogP contribution in [0, 0.1) is 6.92 Å². The van der Waals surface area contributed by atoms with Crippen molar-refractivity contribution in [1.82, 2.24) is 19.7 Å². The van der Waals surface area contributed by atoms with Crippen molar-refractivity contribution >= 4 is 34.3 Å². The van der Waals surface area contributed by atoms with Gasteiger partial charge in [-0.05, 0) is 37.7 Å². The highest BCUT2D eigenvalue weighted by Gasteiger charge is 2.33. The minimum atomic E-state index is -0.291. The summed E-state index contributed by atoms with van der Waals surface area (Å²) in [5.74, 6) is 0.0682. The molecule has 2 aromatic rings. The number of halogens is 1. The van der Waals surface area contributed by atoms with Crippen LogP contribution >= 0.6 is 11.6 Å². The number of benzene rings is 1. The van der Waals surface area contributed by atoms with Crippen molar-refractivity contribution in [1.29, 1.82) is 0 Å². The monoisotopic (exact) mass is 376 g/mol. The van der Waals surface area contributed by atoms with Crippen LogP contribution in [0.4, 0.5) is 0 Å². The topological polar surface area (TPSA) is 59.7 Å². The van der Waals surface area contributed by atoms with E-state index in [1.54, 1.807) is 23.9 Å². The van der Waals surface area contributed by atoms with Crippen molar-refractivity contribution in [3.63, 3.8) is 0 Å². The van der Waals surface area contributed by atoms with Gasteiger partial charge in [-0.25, -0.2) is 0 Å². The number of piperazine rings is 1. The lowest BCUT2D eigenvalue weighted by Crippen LogP contribution is -2.58. The SMILES string of the molecule is Cc1[nH]c2ccc(Cl)cc2c1CC(=O)N1CCN(C)[C@@H](C(=O)N(C)C)C1. The number of nitrogens with zero attached hydrogens (tertiary/aromatic N) is 3. The molecule has 1 aromatic carbocycles. The van der Waals surface area contributed by atoms with Gasteiger partial charge < -0.3 is 14.8 Å². The van der Waals surface area contributed by atoms with Gasteiger partial charge in [-0.3, -0.25) is 14.5 Å². The summed E-state index contributed by atoms with van der Waals surface area (Å²) in [6, 6.07) is 5.37. The number of hydrogen-bond donors (Lipinski definition) is 1. The van der Waals surface area contributed by atoms with E-state index in [0.717, 1.165) is 22.2 Å². The van der Waals surface area contributed by atoms with Gasteiger partial charge in [-0.15, -0.1) is 0 Å². The number of likely N-dealkylation sites (N-methyl/N-ethyl adjacent to an activating group) is 2. The molecule has 26 heavy (non-hydrogen) atoms. The Labute approximate surface area is 158 Å². The maximum Gasteiger partial charge on any atom is 0.241 e. The van der Waals surface area contributed by atoms with Gasteiger partial charge in [0.1, 0.15) is 6.04 Å². The Bertz CT molecular complexity index is 845. The molecule has 1 aromatic heterocycles. The van der Waals surface area contributed by atoms with Crippen molar-refractivity contribution in [3.8, 4) is 0 Å². The molecule has 2 amide bonds. The quantitative estimate of drug-likeness (QED) is 0.890. The van der Waals surface area contributed by atoms with E-state index in [1.165, 1.54) is 0 Å². The third-order valence-electron chi connectivity index (χ3n) is 5.14. The predicted molar refractivity (Wildman–Crippen MR) is 103 cm³/mol. The Kier molecular flexibility index (Phi) is 5.25. The second-order valence-corrected chi connectivity index (χ2v) is 7.60. The first-order valence-electron chi connectivity index (χ1n) is 8.74. The molecule has 1 aliphatic rings. The average molecular weight is 377 g/mol. The molecule has 1 atom stereocenters. The van der Waals surface area contributed by atoms with E-state index in [4.69, 9.17) is 11.6 Å². The number of aromatic nitrogens is 1. The highest BCUT2D eigenvalue weighted by Crippen LogP contribution is 2.26. The number of carbonyl (C=O) groups excluding carboxylic acids is 2. The molecule has 0 spiro atoms. The van der Waals surface area contributed by atoms with Gasteiger partial charge in [0.25, 0.3) is 0 Å². The lowest BCUT2D eigenvalue weighted by Gasteiger charge is -2.39. The third-order valence-corrected chi connectivity index (χ3v) is 5.37. The smallest absolute Gasteiger partial charge is 0.241 e. The number of amides is 2. The number of hydrogen-bond acceptors (Lipinski definition) is 3. The van der Waals surface area contributed by atoms with Gasteiger partial charge in [0.05, 0.1) is 6.42 Å². The molecule has 1 N–H and O–H groups in total. The molecule has 3 rings (SSSR count). The van der Waals surface area contributed by atoms with Crippen LogP contribution in [-0.4, -0.2) is 78.3 Å². The zero-order chi connectivity index (χ0) is 19.0. The van der Waals surface area contributed by atoms with E-state index >= 15 is 0 Å². The minimum absolute atomic E-state index is 0.0278. The Morgan fingerprint density at radius 3 is 2.73 bits per heavy atom. The summed E-state index contributed by atoms with van der Waals surface area (Å²) in [4.78, 5) is 34.0. The zero-order valence-electron chi connectivity index (χ0n) is 15.7. The third kappa shape index (κ3) is 3.57. The van der Waals surface area contributed by atoms with E-state index < -0.39 is 0 Å². The van der Waals surface area contributed by atoms with Gasteiger partial charge in [0.2, 0.25) is 11.8 Å². The molecule has 0 radical (unpaired) electrons. The summed E-state index contributed by atoms with van der Waals surface area (Å²) in [7, 11) is 5.42. The Morgan fingerprint density at radius 1 is 1.31 bits per heavy atom. The molecule has 2 heterocycles. The van der Waals surface area contributed by atoms with Gasteiger partial charge in [0, 0.05) is 55.3 Å². The van der Waals surface area contributed by atoms with Gasteiger partial charge in [-0.1, -0.05) is 11.6 Å². The molecule has 1 saturated heterocycles. The Hall–Kier alpha value is -2.05. The lowest BCUT2D eigenvalue weighted by atomic mass is 10.1. The molecule has 1 fully saturated rings. The van der Waals surface area contributed by atoms with Crippen molar-refractivity contribution in [2.75, 3.05) is 40.8 Å². The first-order valence-corrected chi connectivity index (χ1v) is 9.11. The maximum atomic E-state index is 12.9. The molecule has 1 aliphatic heterocycles. The van der Waals surface area contributed by atoms with E-state index in [9.17, 15) is 9.59 Å². The summed E-state index contributed by atoms with van der Waals surface area (Å²) in [6.45, 7) is 3.72. The Balaban J connectivity index is 1.79. The summed E-state index contributed by atoms with van der Waals surface area (Å²) < 4.78 is 0. The van der Waals surface area contributed by atoms with E-state index in [1.807, 2.05) is 37.1 Å². The number of fused-ring (bicyclic) bond motifs is 1. The van der Waals surface area contributed by atoms with Crippen LogP contribution in [-0.2, 0) is 16.0 Å². The fraction of sp³-hybridized carbons (Fsp3) is 0.474. The van der Waals surface area contributed by atoms with Gasteiger partial charge in [0.15, 0.2) is 0 Å². The maximum absolute atomic E-state index is 12.9. The van der Waals surface area contributed by atoms with E-state index in [-0.39, 0.29) is 17.9 Å². The number of aromatic amines is 1. The minimum Gasteiger partial charge on any atom is -0.358 e. The number of nitrogens with one attached hydrogen (secondary N) is 1. The van der Waals surface area contributed by atoms with Crippen LogP contribution in [0.3, 0.4) is 0 Å². The fourth-order valence-corrected chi connectivity index (χ4v) is 3.68. The lowest BCUT2D eigenvalue weighted by molar-refractivity contribution is -0.141. The van der Waals surface area contributed by atoms with Crippen molar-refractivity contribution in [2.24, 2.45) is 0 Å². The van der Waals surface area contributed by atoms with Crippen LogP contribution < -0.4 is 0 Å². The zero-order valence-corrected chi connectivity index (χ0v) is 16.4. The second kappa shape index (κ2) is 7.29. The van der Waals surface area contributed by atoms with Crippen molar-refractivity contribution < 1.29 is 9.59 Å². The molecule has 0 aliphatic carbocycles. The Morgan fingerprint density at radius 2 is 2.04 bits per heavy atom. The molecule has 6 nitrogen and oxygen atoms in total. The van der Waals surface area contributed by atoms with Crippen LogP contribution in [0.1, 0.15) is 11.3 Å². The molecular formula is C19H25ClN4O2. The fourth-order valence-electron chi connectivity index (χ4n) is 3.51. The normalized spacial score (nSPS) is 18.3. The first kappa shape index (κ1) is 18.7. The molecule has 0 bridgehead atoms. The van der Waals surface area contributed by atoms with Crippen LogP contribution in [0.15, 0.2) is 18.2 Å². The number of H-pyrrole nitrogens is 1. The molecule has 0 unspecified atom stereocenters. The van der Waals surface area contributed by atoms with Crippen molar-refractivity contribution in [3.05, 3.63) is 34.5 Å². The summed E-state index contributed by atoms with van der Waals surface area (Å²) in [6.07, 6.45) is 0.304. The standard InChI is InChI=1S/C19H25ClN4O2/c1-12-14(15-9-13(20)5-6-16(15)21-12)10-18(25)24-8-7-23(4)17(11-24)19(26)22(2)3/h5-6,9,17,21H,7-8,10-11H2,1-4H3/t17-/m1/s1. The molecule has 7 heteroatoms. The van der Waals surface area contributed by atoms with Crippen LogP contribution in [0.25, 0.3) is 10.9 Å². The average Bonchev–Trinajstić information content (AvgIpc) is 2.89. The summed E-state index contributed by atoms with van der Waals surface area (Å²) in [5, 5.41) is 1.64. The molecule has 0 saturated carbocycles. The number of rotatable bonds is 3. The van der Waals surface area contributed by atoms with Crippen molar-refractivity contribution in [2.45, 2.75) is 19.4 Å². The molecule has 140 valence electrons. The van der Waals surface area contributed by atoms with Gasteiger partial charge in [-0.2, -0.15) is 0 Å². The largest absolute Gasteiger partial charge is 0.358 e. The second-order valence-electron chi connectivity index (χ2n) is 7.16. The predicted octanol–water partition coefficient (Wildman–Crippen LogP) is 1.90. The van der Waals surface area contributed by atoms with Crippen LogP contribution in [0.2, 0.25) is 5.02 Å². The highest BCUT2D eigenvalue weighted by molar-refractivity contribution is 6.31. The first-order chi connectivity index (χ1) is 12.3. The summed E-state index contributed by atoms with van der Waals surface area (Å²) in [5.41, 5.74) is 2.93. The molecular weight excluding hydrogens is 352 g/mol. The number of carbonyl (C=O) groups is 2. The van der Waals surface area contributed by atoms with E-state index in [0.29, 0.717) is 31.1 Å². The van der Waals surface area contributed by atoms with Crippen LogP contribution in [0.5, 0.6) is 0 Å². The summed E-state index contributed by atoms with van der Waals surface area (Å²) >= 11 is 6.13. The number of aryl methyl sites for hydroxylation is 1. The van der Waals surface area contributed by atoms with E-state index in [2.05, 4.69) is 4.98 Å². The highest BCUT2D eigenvalue weighted by atomic mass is 35.5.